The van der Waals surface area contributed by atoms with E-state index in [4.69, 9.17) is 9.90 Å². The number of hydrogen-bond acceptors (Lipinski definition) is 2. The first-order valence-electron chi connectivity index (χ1n) is 1.48. The van der Waals surface area contributed by atoms with Crippen LogP contribution in [0.3, 0.4) is 0 Å². The van der Waals surface area contributed by atoms with Gasteiger partial charge >= 0.3 is 20.4 Å². The smallest absolute Gasteiger partial charge is 0.550 e. The molecule has 0 aromatic heterocycles. The predicted molar refractivity (Wildman–Crippen MR) is 17.2 cm³/mol. The Morgan fingerprint density at radius 3 is 1.44 bits per heavy atom. The minimum atomic E-state index is -3.08. The second-order valence-electron chi connectivity index (χ2n) is 0.706. The molecule has 0 aromatic carbocycles. The Morgan fingerprint density at radius 2 is 1.44 bits per heavy atom. The molecule has 0 aliphatic rings. The fraction of sp³-hybridized carbons (Fsp3) is 0.333. The summed E-state index contributed by atoms with van der Waals surface area (Å²) >= 11 is 0. The molecule has 0 aliphatic heterocycles. The van der Waals surface area contributed by atoms with Crippen LogP contribution in [0, 0.1) is 6.68 Å². The number of carboxylic acids is 1. The van der Waals surface area contributed by atoms with Crippen LogP contribution in [-0.2, 0) is 25.2 Å². The molecule has 0 rings (SSSR count). The van der Waals surface area contributed by atoms with Crippen LogP contribution >= 0.6 is 0 Å². The number of aliphatic carboxylic acids is 1. The summed E-state index contributed by atoms with van der Waals surface area (Å²) in [5.74, 6) is -1.08. The van der Waals surface area contributed by atoms with Gasteiger partial charge in [0.1, 0.15) is 0 Å². The number of carbonyl (C=O) groups excluding carboxylic acids is 1. The maximum atomic E-state index is 9.58. The summed E-state index contributed by atoms with van der Waals surface area (Å²) in [6.45, 7) is -2.11. The van der Waals surface area contributed by atoms with E-state index >= 15 is 0 Å². The number of halogens is 3. The molecule has 0 heterocycles. The molecule has 0 aromatic rings. The maximum Gasteiger partial charge on any atom is 2.00 e. The number of rotatable bonds is 0. The number of carbonyl (C=O) groups is 1. The first-order valence-corrected chi connectivity index (χ1v) is 1.48. The van der Waals surface area contributed by atoms with Crippen molar-refractivity contribution in [2.45, 2.75) is 6.92 Å². The van der Waals surface area contributed by atoms with Gasteiger partial charge in [0, 0.05) is 5.97 Å². The van der Waals surface area contributed by atoms with E-state index in [9.17, 15) is 13.2 Å². The van der Waals surface area contributed by atoms with Crippen LogP contribution in [0.2, 0.25) is 0 Å². The zero-order chi connectivity index (χ0) is 7.15. The van der Waals surface area contributed by atoms with Crippen LogP contribution in [0.25, 0.3) is 0 Å². The van der Waals surface area contributed by atoms with Gasteiger partial charge in [-0.1, -0.05) is 0 Å². The summed E-state index contributed by atoms with van der Waals surface area (Å²) in [5, 5.41) is 8.89. The molecular weight excluding hydrogens is 231 g/mol. The zero-order valence-electron chi connectivity index (χ0n) is 4.27. The molecule has 0 bridgehead atoms. The van der Waals surface area contributed by atoms with Crippen molar-refractivity contribution < 1.29 is 43.5 Å². The van der Waals surface area contributed by atoms with Gasteiger partial charge in [-0.05, 0) is 6.92 Å². The van der Waals surface area contributed by atoms with Crippen molar-refractivity contribution in [3.8, 4) is 0 Å². The molecule has 0 amide bonds. The van der Waals surface area contributed by atoms with Gasteiger partial charge in [-0.25, -0.2) is 0 Å². The third-order valence-corrected chi connectivity index (χ3v) is 0. The van der Waals surface area contributed by atoms with E-state index in [1.54, 1.807) is 0 Å². The van der Waals surface area contributed by atoms with Gasteiger partial charge < -0.3 is 23.1 Å². The van der Waals surface area contributed by atoms with E-state index in [0.717, 1.165) is 6.92 Å². The Balaban J connectivity index is -0.0000000720. The molecule has 0 radical (unpaired) electrons. The average Bonchev–Trinajstić information content (AvgIpc) is 1.25. The molecule has 6 heteroatoms. The van der Waals surface area contributed by atoms with Gasteiger partial charge in [0.2, 0.25) is 0 Å². The fourth-order valence-corrected chi connectivity index (χ4v) is 0. The summed E-state index contributed by atoms with van der Waals surface area (Å²) < 4.78 is 28.8. The van der Waals surface area contributed by atoms with E-state index in [-0.39, 0.29) is 20.4 Å². The van der Waals surface area contributed by atoms with Crippen molar-refractivity contribution in [1.29, 1.82) is 0 Å². The molecule has 0 saturated carbocycles. The molecule has 2 nitrogen and oxygen atoms in total. The first-order chi connectivity index (χ1) is 3.46. The average molecular weight is 234 g/mol. The van der Waals surface area contributed by atoms with Crippen LogP contribution in [0.4, 0.5) is 13.2 Å². The van der Waals surface area contributed by atoms with Crippen LogP contribution in [0.5, 0.6) is 0 Å². The maximum absolute atomic E-state index is 9.58. The molecule has 0 spiro atoms. The summed E-state index contributed by atoms with van der Waals surface area (Å²) in [5.41, 5.74) is 0. The van der Waals surface area contributed by atoms with Crippen molar-refractivity contribution in [2.24, 2.45) is 0 Å². The van der Waals surface area contributed by atoms with E-state index in [1.807, 2.05) is 0 Å². The molecule has 9 heavy (non-hydrogen) atoms. The minimum absolute atomic E-state index is 0. The van der Waals surface area contributed by atoms with Gasteiger partial charge in [0.15, 0.2) is 6.68 Å². The summed E-state index contributed by atoms with van der Waals surface area (Å²) in [6, 6.07) is 0. The molecule has 58 valence electrons. The van der Waals surface area contributed by atoms with Crippen molar-refractivity contribution in [2.75, 3.05) is 0 Å². The van der Waals surface area contributed by atoms with Gasteiger partial charge in [0.25, 0.3) is 0 Å². The largest absolute Gasteiger partial charge is 2.00 e. The Morgan fingerprint density at radius 1 is 1.44 bits per heavy atom. The standard InChI is InChI=1S/C2H4O2.CF3.Pd/c1-2(3)4;2-1(3)4;/h1H3,(H,3,4);;/q;-1;+2/p-1. The van der Waals surface area contributed by atoms with Crippen LogP contribution in [0.1, 0.15) is 6.92 Å². The normalized spacial score (nSPS) is 6.78. The van der Waals surface area contributed by atoms with Crippen LogP contribution < -0.4 is 5.11 Å². The molecule has 0 saturated heterocycles. The van der Waals surface area contributed by atoms with Gasteiger partial charge in [-0.15, -0.1) is 0 Å². The van der Waals surface area contributed by atoms with E-state index in [0.29, 0.717) is 0 Å². The van der Waals surface area contributed by atoms with Crippen molar-refractivity contribution in [3.05, 3.63) is 6.68 Å². The zero-order valence-corrected chi connectivity index (χ0v) is 5.82. The Kier molecular flexibility index (Phi) is 19.2. The third-order valence-electron chi connectivity index (χ3n) is 0. The van der Waals surface area contributed by atoms with E-state index < -0.39 is 12.6 Å². The van der Waals surface area contributed by atoms with Crippen molar-refractivity contribution in [1.82, 2.24) is 0 Å². The van der Waals surface area contributed by atoms with Gasteiger partial charge in [-0.3, -0.25) is 0 Å². The Hall–Kier alpha value is -0.0777. The second kappa shape index (κ2) is 10.8. The molecule has 0 fully saturated rings. The summed E-state index contributed by atoms with van der Waals surface area (Å²) in [7, 11) is 0. The molecule has 0 atom stereocenters. The monoisotopic (exact) mass is 234 g/mol. The quantitative estimate of drug-likeness (QED) is 0.440. The molecule has 0 N–H and O–H groups in total. The summed E-state index contributed by atoms with van der Waals surface area (Å²) in [6.07, 6.45) is 0. The van der Waals surface area contributed by atoms with Gasteiger partial charge in [-0.2, -0.15) is 0 Å². The van der Waals surface area contributed by atoms with Crippen LogP contribution in [0.15, 0.2) is 0 Å². The van der Waals surface area contributed by atoms with Crippen molar-refractivity contribution in [3.63, 3.8) is 0 Å². The van der Waals surface area contributed by atoms with E-state index in [1.165, 1.54) is 0 Å². The van der Waals surface area contributed by atoms with E-state index in [2.05, 4.69) is 0 Å². The summed E-state index contributed by atoms with van der Waals surface area (Å²) in [4.78, 5) is 8.89. The minimum Gasteiger partial charge on any atom is -0.550 e. The number of hydrogen-bond donors (Lipinski definition) is 0. The fourth-order valence-electron chi connectivity index (χ4n) is 0. The molecular formula is C3H3F3O2Pd. The predicted octanol–water partition coefficient (Wildman–Crippen LogP) is 0.0956. The molecule has 0 aliphatic carbocycles. The number of carboxylic acid groups (broad SMARTS) is 1. The SMILES string of the molecule is CC(=O)[O-].F[C-](F)F.[Pd+2]. The Bertz CT molecular complexity index is 61.3. The van der Waals surface area contributed by atoms with Gasteiger partial charge in [0.05, 0.1) is 0 Å². The third kappa shape index (κ3) is 46100. The van der Waals surface area contributed by atoms with Crippen molar-refractivity contribution >= 4 is 5.97 Å². The molecule has 0 unspecified atom stereocenters. The topological polar surface area (TPSA) is 40.1 Å². The first kappa shape index (κ1) is 16.0. The second-order valence-corrected chi connectivity index (χ2v) is 0.706. The Labute approximate surface area is 63.7 Å². The van der Waals surface area contributed by atoms with Crippen LogP contribution in [-0.4, -0.2) is 5.97 Å².